The summed E-state index contributed by atoms with van der Waals surface area (Å²) in [7, 11) is 0. The summed E-state index contributed by atoms with van der Waals surface area (Å²) in [6, 6.07) is 20.3. The van der Waals surface area contributed by atoms with Crippen LogP contribution in [-0.2, 0) is 11.2 Å². The Hall–Kier alpha value is -2.13. The number of likely N-dealkylation sites (tertiary alicyclic amines) is 1. The molecule has 3 aliphatic rings. The maximum Gasteiger partial charge on any atom is 0.338 e. The molecule has 0 spiro atoms. The Bertz CT molecular complexity index is 771. The van der Waals surface area contributed by atoms with Crippen LogP contribution in [0.5, 0.6) is 0 Å². The summed E-state index contributed by atoms with van der Waals surface area (Å²) in [5.74, 6) is 2.54. The van der Waals surface area contributed by atoms with Crippen molar-refractivity contribution in [1.29, 1.82) is 0 Å². The number of ether oxygens (including phenoxy) is 1. The molecule has 2 unspecified atom stereocenters. The van der Waals surface area contributed by atoms with E-state index in [4.69, 9.17) is 4.74 Å². The Labute approximate surface area is 161 Å². The second-order valence-corrected chi connectivity index (χ2v) is 8.61. The third kappa shape index (κ3) is 3.19. The molecule has 6 atom stereocenters. The minimum Gasteiger partial charge on any atom is -0.458 e. The molecule has 0 amide bonds. The zero-order valence-corrected chi connectivity index (χ0v) is 15.7. The molecule has 1 N–H and O–H groups in total. The average molecular weight is 362 g/mol. The number of hydrogen-bond donors (Lipinski definition) is 1. The molecule has 140 valence electrons. The number of carbonyl (C=O) groups is 1. The molecule has 2 bridgehead atoms. The van der Waals surface area contributed by atoms with Crippen LogP contribution in [-0.4, -0.2) is 31.7 Å². The van der Waals surface area contributed by atoms with E-state index in [1.807, 2.05) is 30.3 Å². The van der Waals surface area contributed by atoms with E-state index in [2.05, 4.69) is 30.3 Å². The van der Waals surface area contributed by atoms with Crippen molar-refractivity contribution in [2.75, 3.05) is 19.6 Å². The first kappa shape index (κ1) is 17.0. The predicted octanol–water partition coefficient (Wildman–Crippen LogP) is 2.63. The van der Waals surface area contributed by atoms with E-state index in [1.165, 1.54) is 38.0 Å². The van der Waals surface area contributed by atoms with Crippen LogP contribution in [0.2, 0.25) is 0 Å². The molecule has 2 saturated carbocycles. The summed E-state index contributed by atoms with van der Waals surface area (Å²) in [6.45, 7) is 3.75. The minimum absolute atomic E-state index is 0.134. The second-order valence-electron chi connectivity index (χ2n) is 8.61. The van der Waals surface area contributed by atoms with Crippen molar-refractivity contribution >= 4 is 5.97 Å². The van der Waals surface area contributed by atoms with Gasteiger partial charge in [0.2, 0.25) is 0 Å². The van der Waals surface area contributed by atoms with Gasteiger partial charge in [0.25, 0.3) is 0 Å². The molecule has 1 heterocycles. The molecule has 1 aliphatic heterocycles. The van der Waals surface area contributed by atoms with Crippen molar-refractivity contribution in [1.82, 2.24) is 0 Å². The lowest BCUT2D eigenvalue weighted by molar-refractivity contribution is -0.890. The third-order valence-electron chi connectivity index (χ3n) is 7.24. The fourth-order valence-electron chi connectivity index (χ4n) is 6.05. The molecule has 2 aliphatic carbocycles. The van der Waals surface area contributed by atoms with Crippen LogP contribution in [0, 0.1) is 23.7 Å². The number of carbonyl (C=O) groups excluding carboxylic acids is 1. The molecule has 1 saturated heterocycles. The van der Waals surface area contributed by atoms with E-state index in [9.17, 15) is 4.79 Å². The Balaban J connectivity index is 1.20. The van der Waals surface area contributed by atoms with Crippen molar-refractivity contribution in [2.24, 2.45) is 23.7 Å². The zero-order valence-electron chi connectivity index (χ0n) is 15.7. The molecular formula is C24H28NO2+. The first-order valence-electron chi connectivity index (χ1n) is 10.4. The topological polar surface area (TPSA) is 30.7 Å². The van der Waals surface area contributed by atoms with Crippen molar-refractivity contribution in [3.63, 3.8) is 0 Å². The average Bonchev–Trinajstić information content (AvgIpc) is 3.38. The summed E-state index contributed by atoms with van der Waals surface area (Å²) in [6.07, 6.45) is 3.80. The number of quaternary nitrogens is 1. The SMILES string of the molecule is O=C(OC1[C@H]2CC[C@@H]1[C@H]1C[NH+](CCc3ccccc3)C[C@H]12)c1ccccc1. The highest BCUT2D eigenvalue weighted by Crippen LogP contribution is 2.54. The highest BCUT2D eigenvalue weighted by atomic mass is 16.5. The number of hydrogen-bond acceptors (Lipinski definition) is 2. The molecular weight excluding hydrogens is 334 g/mol. The summed E-state index contributed by atoms with van der Waals surface area (Å²) in [4.78, 5) is 14.3. The number of esters is 1. The quantitative estimate of drug-likeness (QED) is 0.829. The summed E-state index contributed by atoms with van der Waals surface area (Å²) >= 11 is 0. The van der Waals surface area contributed by atoms with E-state index in [0.717, 1.165) is 18.3 Å². The van der Waals surface area contributed by atoms with E-state index >= 15 is 0 Å². The molecule has 0 radical (unpaired) electrons. The Morgan fingerprint density at radius 2 is 1.44 bits per heavy atom. The molecule has 3 heteroatoms. The maximum atomic E-state index is 12.5. The van der Waals surface area contributed by atoms with Gasteiger partial charge in [0.1, 0.15) is 6.10 Å². The number of benzene rings is 2. The molecule has 5 rings (SSSR count). The number of rotatable bonds is 5. The van der Waals surface area contributed by atoms with Gasteiger partial charge >= 0.3 is 5.97 Å². The van der Waals surface area contributed by atoms with Gasteiger partial charge in [-0.2, -0.15) is 0 Å². The van der Waals surface area contributed by atoms with Crippen LogP contribution in [0.4, 0.5) is 0 Å². The minimum atomic E-state index is -0.134. The molecule has 27 heavy (non-hydrogen) atoms. The van der Waals surface area contributed by atoms with Crippen LogP contribution in [0.15, 0.2) is 60.7 Å². The van der Waals surface area contributed by atoms with Gasteiger partial charge in [-0.25, -0.2) is 4.79 Å². The van der Waals surface area contributed by atoms with Gasteiger partial charge < -0.3 is 9.64 Å². The first-order valence-corrected chi connectivity index (χ1v) is 10.4. The fraction of sp³-hybridized carbons (Fsp3) is 0.458. The van der Waals surface area contributed by atoms with Crippen LogP contribution < -0.4 is 4.90 Å². The highest BCUT2D eigenvalue weighted by molar-refractivity contribution is 5.89. The lowest BCUT2D eigenvalue weighted by atomic mass is 9.82. The monoisotopic (exact) mass is 362 g/mol. The largest absolute Gasteiger partial charge is 0.458 e. The van der Waals surface area contributed by atoms with Crippen LogP contribution in [0.25, 0.3) is 0 Å². The summed E-state index contributed by atoms with van der Waals surface area (Å²) in [5, 5.41) is 0. The lowest BCUT2D eigenvalue weighted by Crippen LogP contribution is -3.11. The number of nitrogens with one attached hydrogen (secondary N) is 1. The standard InChI is InChI=1S/C24H27NO2/c26-24(18-9-5-2-6-10-18)27-23-19-11-12-20(23)22-16-25(15-21(19)22)14-13-17-7-3-1-4-8-17/h1-10,19-23H,11-16H2/p+1/t19-,20+,21-,22+,23?. The summed E-state index contributed by atoms with van der Waals surface area (Å²) < 4.78 is 6.04. The Kier molecular flexibility index (Phi) is 4.48. The lowest BCUT2D eigenvalue weighted by Gasteiger charge is -2.22. The Morgan fingerprint density at radius 3 is 2.07 bits per heavy atom. The van der Waals surface area contributed by atoms with Crippen molar-refractivity contribution in [3.05, 3.63) is 71.8 Å². The van der Waals surface area contributed by atoms with E-state index in [-0.39, 0.29) is 12.1 Å². The van der Waals surface area contributed by atoms with Crippen molar-refractivity contribution in [2.45, 2.75) is 25.4 Å². The molecule has 3 nitrogen and oxygen atoms in total. The second kappa shape index (κ2) is 7.12. The van der Waals surface area contributed by atoms with Gasteiger partial charge in [0, 0.05) is 30.1 Å². The summed E-state index contributed by atoms with van der Waals surface area (Å²) in [5.41, 5.74) is 2.13. The van der Waals surface area contributed by atoms with Gasteiger partial charge in [0.05, 0.1) is 25.2 Å². The van der Waals surface area contributed by atoms with Gasteiger partial charge in [-0.05, 0) is 30.5 Å². The highest BCUT2D eigenvalue weighted by Gasteiger charge is 2.60. The maximum absolute atomic E-state index is 12.5. The normalized spacial score (nSPS) is 33.8. The molecule has 2 aromatic carbocycles. The predicted molar refractivity (Wildman–Crippen MR) is 105 cm³/mol. The van der Waals surface area contributed by atoms with Crippen molar-refractivity contribution < 1.29 is 14.4 Å². The van der Waals surface area contributed by atoms with E-state index < -0.39 is 0 Å². The van der Waals surface area contributed by atoms with E-state index in [1.54, 1.807) is 4.90 Å². The first-order chi connectivity index (χ1) is 13.3. The van der Waals surface area contributed by atoms with Gasteiger partial charge in [0.15, 0.2) is 0 Å². The molecule has 0 aromatic heterocycles. The van der Waals surface area contributed by atoms with Gasteiger partial charge in [-0.3, -0.25) is 0 Å². The zero-order chi connectivity index (χ0) is 18.2. The van der Waals surface area contributed by atoms with Crippen LogP contribution in [0.3, 0.4) is 0 Å². The van der Waals surface area contributed by atoms with Gasteiger partial charge in [-0.15, -0.1) is 0 Å². The van der Waals surface area contributed by atoms with Gasteiger partial charge in [-0.1, -0.05) is 48.5 Å². The van der Waals surface area contributed by atoms with Crippen LogP contribution >= 0.6 is 0 Å². The molecule has 3 fully saturated rings. The van der Waals surface area contributed by atoms with E-state index in [0.29, 0.717) is 17.4 Å². The fourth-order valence-corrected chi connectivity index (χ4v) is 6.05. The van der Waals surface area contributed by atoms with Crippen LogP contribution in [0.1, 0.15) is 28.8 Å². The molecule has 2 aromatic rings. The number of fused-ring (bicyclic) bond motifs is 5. The Morgan fingerprint density at radius 1 is 0.852 bits per heavy atom. The third-order valence-corrected chi connectivity index (χ3v) is 7.24. The van der Waals surface area contributed by atoms with Crippen molar-refractivity contribution in [3.8, 4) is 0 Å². The smallest absolute Gasteiger partial charge is 0.338 e.